The largest absolute Gasteiger partial charge is 0.396 e. The Hall–Kier alpha value is -1.03. The van der Waals surface area contributed by atoms with E-state index in [0.717, 1.165) is 5.69 Å². The van der Waals surface area contributed by atoms with Crippen molar-refractivity contribution in [3.63, 3.8) is 0 Å². The first-order chi connectivity index (χ1) is 5.40. The van der Waals surface area contributed by atoms with Gasteiger partial charge in [-0.2, -0.15) is 5.10 Å². The zero-order valence-electron chi connectivity index (χ0n) is 7.70. The van der Waals surface area contributed by atoms with Crippen LogP contribution in [-0.4, -0.2) is 20.5 Å². The smallest absolute Gasteiger partial charge is 0.0786 e. The highest BCUT2D eigenvalue weighted by atomic mass is 16.3. The summed E-state index contributed by atoms with van der Waals surface area (Å²) in [7, 11) is 0. The second-order valence-corrected chi connectivity index (χ2v) is 3.66. The zero-order chi connectivity index (χ0) is 9.35. The van der Waals surface area contributed by atoms with Gasteiger partial charge >= 0.3 is 0 Å². The quantitative estimate of drug-likeness (QED) is 0.679. The van der Waals surface area contributed by atoms with Crippen LogP contribution in [0.2, 0.25) is 0 Å². The maximum Gasteiger partial charge on any atom is 0.0786 e. The maximum atomic E-state index is 9.50. The van der Waals surface area contributed by atoms with E-state index in [2.05, 4.69) is 5.10 Å². The van der Waals surface area contributed by atoms with Gasteiger partial charge in [0.05, 0.1) is 29.7 Å². The minimum atomic E-state index is -0.747. The van der Waals surface area contributed by atoms with Crippen LogP contribution in [0, 0.1) is 6.92 Å². The molecule has 0 saturated heterocycles. The number of nitrogens with two attached hydrogens (primary N) is 1. The second-order valence-electron chi connectivity index (χ2n) is 3.66. The number of aliphatic hydroxyl groups is 1. The molecule has 0 aromatic carbocycles. The zero-order valence-corrected chi connectivity index (χ0v) is 7.70. The number of rotatable bonds is 2. The predicted molar refractivity (Wildman–Crippen MR) is 47.7 cm³/mol. The lowest BCUT2D eigenvalue weighted by Crippen LogP contribution is -2.27. The van der Waals surface area contributed by atoms with Crippen LogP contribution in [0.4, 0.5) is 5.69 Å². The Morgan fingerprint density at radius 1 is 1.67 bits per heavy atom. The van der Waals surface area contributed by atoms with E-state index in [1.54, 1.807) is 24.7 Å². The molecule has 1 heterocycles. The number of hydrogen-bond donors (Lipinski definition) is 2. The Bertz CT molecular complexity index is 272. The number of hydrogen-bond acceptors (Lipinski definition) is 3. The average Bonchev–Trinajstić information content (AvgIpc) is 2.16. The molecular formula is C8H15N3O. The molecule has 1 rings (SSSR count). The molecule has 0 atom stereocenters. The Balaban J connectivity index is 2.83. The van der Waals surface area contributed by atoms with Crippen molar-refractivity contribution in [1.29, 1.82) is 0 Å². The average molecular weight is 169 g/mol. The molecule has 1 aromatic rings. The van der Waals surface area contributed by atoms with Crippen molar-refractivity contribution in [2.45, 2.75) is 32.9 Å². The monoisotopic (exact) mass is 169 g/mol. The van der Waals surface area contributed by atoms with Crippen molar-refractivity contribution in [2.75, 3.05) is 5.73 Å². The fraction of sp³-hybridized carbons (Fsp3) is 0.625. The first-order valence-electron chi connectivity index (χ1n) is 3.90. The minimum absolute atomic E-state index is 0.468. The first-order valence-corrected chi connectivity index (χ1v) is 3.90. The van der Waals surface area contributed by atoms with Gasteiger partial charge < -0.3 is 10.8 Å². The third-order valence-corrected chi connectivity index (χ3v) is 1.68. The van der Waals surface area contributed by atoms with Crippen molar-refractivity contribution in [3.05, 3.63) is 11.9 Å². The summed E-state index contributed by atoms with van der Waals surface area (Å²) >= 11 is 0. The molecule has 0 aliphatic rings. The standard InChI is InChI=1S/C8H15N3O/c1-6-7(9)4-10-11(6)5-8(2,3)12/h4,12H,5,9H2,1-3H3. The summed E-state index contributed by atoms with van der Waals surface area (Å²) in [6, 6.07) is 0. The highest BCUT2D eigenvalue weighted by Gasteiger charge is 2.15. The van der Waals surface area contributed by atoms with Crippen molar-refractivity contribution >= 4 is 5.69 Å². The van der Waals surface area contributed by atoms with E-state index in [4.69, 9.17) is 5.73 Å². The molecule has 68 valence electrons. The molecule has 0 radical (unpaired) electrons. The van der Waals surface area contributed by atoms with Gasteiger partial charge in [-0.15, -0.1) is 0 Å². The van der Waals surface area contributed by atoms with Crippen LogP contribution in [0.3, 0.4) is 0 Å². The molecule has 12 heavy (non-hydrogen) atoms. The van der Waals surface area contributed by atoms with Crippen LogP contribution in [0.1, 0.15) is 19.5 Å². The van der Waals surface area contributed by atoms with Crippen LogP contribution in [-0.2, 0) is 6.54 Å². The Kier molecular flexibility index (Phi) is 2.10. The predicted octanol–water partition coefficient (Wildman–Crippen LogP) is 0.545. The van der Waals surface area contributed by atoms with Crippen LogP contribution in [0.5, 0.6) is 0 Å². The summed E-state index contributed by atoms with van der Waals surface area (Å²) < 4.78 is 1.70. The topological polar surface area (TPSA) is 64.1 Å². The minimum Gasteiger partial charge on any atom is -0.396 e. The fourth-order valence-electron chi connectivity index (χ4n) is 0.987. The molecule has 0 unspecified atom stereocenters. The van der Waals surface area contributed by atoms with Gasteiger partial charge in [0, 0.05) is 0 Å². The Labute approximate surface area is 72.0 Å². The summed E-state index contributed by atoms with van der Waals surface area (Å²) in [5, 5.41) is 13.5. The van der Waals surface area contributed by atoms with Gasteiger partial charge in [0.2, 0.25) is 0 Å². The molecule has 3 N–H and O–H groups in total. The highest BCUT2D eigenvalue weighted by molar-refractivity contribution is 5.39. The lowest BCUT2D eigenvalue weighted by molar-refractivity contribution is 0.0571. The van der Waals surface area contributed by atoms with Crippen molar-refractivity contribution < 1.29 is 5.11 Å². The molecule has 0 aliphatic carbocycles. The van der Waals surface area contributed by atoms with Gasteiger partial charge in [0.25, 0.3) is 0 Å². The van der Waals surface area contributed by atoms with Gasteiger partial charge in [-0.05, 0) is 20.8 Å². The molecule has 0 fully saturated rings. The molecule has 4 heteroatoms. The first kappa shape index (κ1) is 9.06. The summed E-state index contributed by atoms with van der Waals surface area (Å²) in [5.41, 5.74) is 6.41. The van der Waals surface area contributed by atoms with Crippen LogP contribution in [0.15, 0.2) is 6.20 Å². The summed E-state index contributed by atoms with van der Waals surface area (Å²) in [5.74, 6) is 0. The molecule has 0 spiro atoms. The SMILES string of the molecule is Cc1c(N)cnn1CC(C)(C)O. The van der Waals surface area contributed by atoms with E-state index in [0.29, 0.717) is 12.2 Å². The van der Waals surface area contributed by atoms with E-state index >= 15 is 0 Å². The molecule has 0 aliphatic heterocycles. The van der Waals surface area contributed by atoms with Gasteiger partial charge in [0.15, 0.2) is 0 Å². The molecule has 0 bridgehead atoms. The van der Waals surface area contributed by atoms with Crippen molar-refractivity contribution in [2.24, 2.45) is 0 Å². The molecule has 0 amide bonds. The molecule has 1 aromatic heterocycles. The van der Waals surface area contributed by atoms with E-state index in [-0.39, 0.29) is 0 Å². The van der Waals surface area contributed by atoms with Gasteiger partial charge in [-0.3, -0.25) is 4.68 Å². The molecule has 0 saturated carbocycles. The third kappa shape index (κ3) is 1.98. The summed E-state index contributed by atoms with van der Waals surface area (Å²) in [4.78, 5) is 0. The summed E-state index contributed by atoms with van der Waals surface area (Å²) in [6.45, 7) is 5.83. The lowest BCUT2D eigenvalue weighted by Gasteiger charge is -2.17. The number of aromatic nitrogens is 2. The van der Waals surface area contributed by atoms with Crippen molar-refractivity contribution in [1.82, 2.24) is 9.78 Å². The van der Waals surface area contributed by atoms with E-state index in [9.17, 15) is 5.11 Å². The second kappa shape index (κ2) is 2.79. The van der Waals surface area contributed by atoms with Gasteiger partial charge in [-0.1, -0.05) is 0 Å². The van der Waals surface area contributed by atoms with E-state index in [1.807, 2.05) is 6.92 Å². The normalized spacial score (nSPS) is 12.0. The number of anilines is 1. The van der Waals surface area contributed by atoms with Crippen LogP contribution >= 0.6 is 0 Å². The highest BCUT2D eigenvalue weighted by Crippen LogP contribution is 2.12. The molecule has 4 nitrogen and oxygen atoms in total. The van der Waals surface area contributed by atoms with Crippen LogP contribution < -0.4 is 5.73 Å². The van der Waals surface area contributed by atoms with Crippen LogP contribution in [0.25, 0.3) is 0 Å². The molecular weight excluding hydrogens is 154 g/mol. The lowest BCUT2D eigenvalue weighted by atomic mass is 10.1. The summed E-state index contributed by atoms with van der Waals surface area (Å²) in [6.07, 6.45) is 1.60. The van der Waals surface area contributed by atoms with Gasteiger partial charge in [0.1, 0.15) is 0 Å². The van der Waals surface area contributed by atoms with E-state index in [1.165, 1.54) is 0 Å². The number of nitrogen functional groups attached to an aromatic ring is 1. The fourth-order valence-corrected chi connectivity index (χ4v) is 0.987. The van der Waals surface area contributed by atoms with E-state index < -0.39 is 5.60 Å². The van der Waals surface area contributed by atoms with Gasteiger partial charge in [-0.25, -0.2) is 0 Å². The Morgan fingerprint density at radius 2 is 2.25 bits per heavy atom. The third-order valence-electron chi connectivity index (χ3n) is 1.68. The number of nitrogens with zero attached hydrogens (tertiary/aromatic N) is 2. The van der Waals surface area contributed by atoms with Crippen molar-refractivity contribution in [3.8, 4) is 0 Å². The Morgan fingerprint density at radius 3 is 2.58 bits per heavy atom. The maximum absolute atomic E-state index is 9.50.